The van der Waals surface area contributed by atoms with Crippen molar-refractivity contribution in [1.29, 1.82) is 0 Å². The summed E-state index contributed by atoms with van der Waals surface area (Å²) in [7, 11) is 1.74. The monoisotopic (exact) mass is 569 g/mol. The lowest BCUT2D eigenvalue weighted by Gasteiger charge is -2.23. The van der Waals surface area contributed by atoms with Crippen molar-refractivity contribution in [2.75, 3.05) is 25.5 Å². The molecule has 0 saturated carbocycles. The zero-order valence-corrected chi connectivity index (χ0v) is 21.7. The Morgan fingerprint density at radius 2 is 1.94 bits per heavy atom. The van der Waals surface area contributed by atoms with Crippen molar-refractivity contribution in [1.82, 2.24) is 15.5 Å². The summed E-state index contributed by atoms with van der Waals surface area (Å²) in [6, 6.07) is 10.9. The van der Waals surface area contributed by atoms with E-state index < -0.39 is 11.7 Å². The van der Waals surface area contributed by atoms with Gasteiger partial charge in [-0.2, -0.15) is 0 Å². The number of carbonyl (C=O) groups excluding carboxylic acids is 2. The summed E-state index contributed by atoms with van der Waals surface area (Å²) >= 11 is 0. The Bertz CT molecular complexity index is 939. The Morgan fingerprint density at radius 3 is 2.55 bits per heavy atom. The fraction of sp³-hybridized carbons (Fsp3) is 0.435. The molecule has 1 aliphatic rings. The van der Waals surface area contributed by atoms with Crippen LogP contribution in [0.2, 0.25) is 0 Å². The summed E-state index contributed by atoms with van der Waals surface area (Å²) in [5, 5.41) is 9.07. The zero-order valence-electron chi connectivity index (χ0n) is 19.4. The highest BCUT2D eigenvalue weighted by Crippen LogP contribution is 2.14. The molecule has 1 aliphatic heterocycles. The number of nitrogens with one attached hydrogen (secondary N) is 3. The fourth-order valence-electron chi connectivity index (χ4n) is 3.36. The number of carbonyl (C=O) groups is 2. The van der Waals surface area contributed by atoms with Crippen LogP contribution < -0.4 is 16.0 Å². The molecule has 3 rings (SSSR count). The van der Waals surface area contributed by atoms with Gasteiger partial charge in [0.05, 0.1) is 12.3 Å². The maximum Gasteiger partial charge on any atom is 0.407 e. The molecule has 2 heterocycles. The van der Waals surface area contributed by atoms with Crippen molar-refractivity contribution in [2.45, 2.75) is 45.4 Å². The van der Waals surface area contributed by atoms with E-state index in [1.54, 1.807) is 19.2 Å². The molecule has 3 N–H and O–H groups in total. The summed E-state index contributed by atoms with van der Waals surface area (Å²) in [5.74, 6) is 0.753. The van der Waals surface area contributed by atoms with Gasteiger partial charge in [-0.05, 0) is 57.0 Å². The summed E-state index contributed by atoms with van der Waals surface area (Å²) in [6.45, 7) is 7.57. The molecule has 2 amide bonds. The van der Waals surface area contributed by atoms with E-state index in [9.17, 15) is 9.59 Å². The molecular weight excluding hydrogens is 537 g/mol. The highest BCUT2D eigenvalue weighted by Gasteiger charge is 2.27. The smallest absolute Gasteiger partial charge is 0.407 e. The van der Waals surface area contributed by atoms with Gasteiger partial charge in [-0.1, -0.05) is 12.1 Å². The largest absolute Gasteiger partial charge is 0.459 e. The van der Waals surface area contributed by atoms with E-state index in [4.69, 9.17) is 9.15 Å². The number of hydrogen-bond acceptors (Lipinski definition) is 5. The number of benzene rings is 1. The molecule has 0 bridgehead atoms. The summed E-state index contributed by atoms with van der Waals surface area (Å²) in [6.07, 6.45) is 1.89. The van der Waals surface area contributed by atoms with Crippen molar-refractivity contribution in [3.05, 3.63) is 54.0 Å². The second kappa shape index (κ2) is 11.9. The van der Waals surface area contributed by atoms with Crippen LogP contribution in [0.4, 0.5) is 10.5 Å². The number of nitrogens with zero attached hydrogens (tertiary/aromatic N) is 2. The van der Waals surface area contributed by atoms with Gasteiger partial charge in [0.2, 0.25) is 0 Å². The molecule has 33 heavy (non-hydrogen) atoms. The van der Waals surface area contributed by atoms with Crippen LogP contribution in [0, 0.1) is 0 Å². The zero-order chi connectivity index (χ0) is 23.1. The maximum absolute atomic E-state index is 12.1. The molecule has 1 unspecified atom stereocenters. The molecule has 180 valence electrons. The second-order valence-electron chi connectivity index (χ2n) is 8.61. The normalized spacial score (nSPS) is 16.1. The lowest BCUT2D eigenvalue weighted by atomic mass is 10.2. The van der Waals surface area contributed by atoms with Crippen LogP contribution in [0.1, 0.15) is 43.3 Å². The Labute approximate surface area is 211 Å². The molecule has 0 radical (unpaired) electrons. The van der Waals surface area contributed by atoms with Gasteiger partial charge >= 0.3 is 6.09 Å². The minimum absolute atomic E-state index is 0. The third-order valence-electron chi connectivity index (χ3n) is 4.83. The van der Waals surface area contributed by atoms with Gasteiger partial charge in [0.15, 0.2) is 11.7 Å². The molecule has 1 aromatic carbocycles. The van der Waals surface area contributed by atoms with Crippen LogP contribution in [0.25, 0.3) is 0 Å². The van der Waals surface area contributed by atoms with E-state index in [2.05, 4.69) is 25.8 Å². The quantitative estimate of drug-likeness (QED) is 0.287. The van der Waals surface area contributed by atoms with Gasteiger partial charge in [-0.25, -0.2) is 4.79 Å². The number of furan rings is 1. The first-order chi connectivity index (χ1) is 15.2. The van der Waals surface area contributed by atoms with Crippen molar-refractivity contribution in [3.8, 4) is 0 Å². The van der Waals surface area contributed by atoms with Crippen LogP contribution in [0.15, 0.2) is 52.1 Å². The molecular formula is C23H32IN5O4. The van der Waals surface area contributed by atoms with Crippen molar-refractivity contribution in [2.24, 2.45) is 4.99 Å². The summed E-state index contributed by atoms with van der Waals surface area (Å²) in [5.41, 5.74) is 1.22. The predicted molar refractivity (Wildman–Crippen MR) is 138 cm³/mol. The third kappa shape index (κ3) is 8.26. The number of amides is 2. The SMILES string of the molecule is CN=C(NCc1ccc(NC(=O)c2ccco2)cc1)N1CCC(NC(=O)OC(C)(C)C)C1.I. The number of anilines is 1. The molecule has 1 saturated heterocycles. The second-order valence-corrected chi connectivity index (χ2v) is 8.61. The van der Waals surface area contributed by atoms with Crippen molar-refractivity contribution >= 4 is 47.6 Å². The molecule has 10 heteroatoms. The lowest BCUT2D eigenvalue weighted by molar-refractivity contribution is 0.0507. The number of aliphatic imine (C=N–C) groups is 1. The van der Waals surface area contributed by atoms with Gasteiger partial charge in [0.1, 0.15) is 5.60 Å². The maximum atomic E-state index is 12.1. The number of guanidine groups is 1. The molecule has 0 aliphatic carbocycles. The number of alkyl carbamates (subject to hydrolysis) is 1. The van der Waals surface area contributed by atoms with Gasteiger partial charge < -0.3 is 30.0 Å². The minimum Gasteiger partial charge on any atom is -0.459 e. The van der Waals surface area contributed by atoms with E-state index in [-0.39, 0.29) is 41.7 Å². The Morgan fingerprint density at radius 1 is 1.21 bits per heavy atom. The molecule has 1 fully saturated rings. The number of halogens is 1. The van der Waals surface area contributed by atoms with Gasteiger partial charge in [0, 0.05) is 32.4 Å². The Hall–Kier alpha value is -2.76. The van der Waals surface area contributed by atoms with Crippen LogP contribution in [0.5, 0.6) is 0 Å². The van der Waals surface area contributed by atoms with E-state index in [1.807, 2.05) is 45.0 Å². The minimum atomic E-state index is -0.517. The standard InChI is InChI=1S/C23H31N5O4.HI/c1-23(2,3)32-22(30)27-18-11-12-28(15-18)21(24-4)25-14-16-7-9-17(10-8-16)26-20(29)19-6-5-13-31-19;/h5-10,13,18H,11-12,14-15H2,1-4H3,(H,24,25)(H,26,29)(H,27,30);1H. The Balaban J connectivity index is 0.00000385. The first-order valence-electron chi connectivity index (χ1n) is 10.6. The van der Waals surface area contributed by atoms with Gasteiger partial charge in [0.25, 0.3) is 5.91 Å². The van der Waals surface area contributed by atoms with E-state index in [1.165, 1.54) is 6.26 Å². The first-order valence-corrected chi connectivity index (χ1v) is 10.6. The van der Waals surface area contributed by atoms with Crippen LogP contribution in [-0.4, -0.2) is 54.6 Å². The van der Waals surface area contributed by atoms with E-state index in [0.29, 0.717) is 18.8 Å². The summed E-state index contributed by atoms with van der Waals surface area (Å²) < 4.78 is 10.4. The highest BCUT2D eigenvalue weighted by molar-refractivity contribution is 14.0. The predicted octanol–water partition coefficient (Wildman–Crippen LogP) is 3.82. The van der Waals surface area contributed by atoms with Crippen LogP contribution >= 0.6 is 24.0 Å². The molecule has 9 nitrogen and oxygen atoms in total. The van der Waals surface area contributed by atoms with Crippen LogP contribution in [-0.2, 0) is 11.3 Å². The van der Waals surface area contributed by atoms with E-state index in [0.717, 1.165) is 24.5 Å². The molecule has 2 aromatic rings. The van der Waals surface area contributed by atoms with E-state index >= 15 is 0 Å². The number of ether oxygens (including phenoxy) is 1. The number of hydrogen-bond donors (Lipinski definition) is 3. The lowest BCUT2D eigenvalue weighted by Crippen LogP contribution is -2.44. The van der Waals surface area contributed by atoms with Crippen LogP contribution in [0.3, 0.4) is 0 Å². The Kier molecular flexibility index (Phi) is 9.56. The highest BCUT2D eigenvalue weighted by atomic mass is 127. The number of rotatable bonds is 5. The van der Waals surface area contributed by atoms with Gasteiger partial charge in [-0.15, -0.1) is 24.0 Å². The fourth-order valence-corrected chi connectivity index (χ4v) is 3.36. The van der Waals surface area contributed by atoms with Crippen molar-refractivity contribution in [3.63, 3.8) is 0 Å². The average Bonchev–Trinajstić information content (AvgIpc) is 3.41. The molecule has 1 atom stereocenters. The number of likely N-dealkylation sites (tertiary alicyclic amines) is 1. The van der Waals surface area contributed by atoms with Gasteiger partial charge in [-0.3, -0.25) is 9.79 Å². The first kappa shape index (κ1) is 26.5. The summed E-state index contributed by atoms with van der Waals surface area (Å²) in [4.78, 5) is 30.5. The topological polar surface area (TPSA) is 108 Å². The molecule has 0 spiro atoms. The molecule has 1 aromatic heterocycles. The third-order valence-corrected chi connectivity index (χ3v) is 4.83. The van der Waals surface area contributed by atoms with Crippen molar-refractivity contribution < 1.29 is 18.7 Å². The average molecular weight is 569 g/mol.